The van der Waals surface area contributed by atoms with Gasteiger partial charge in [-0.05, 0) is 82.8 Å². The fraction of sp³-hybridized carbons (Fsp3) is 0.529. The lowest BCUT2D eigenvalue weighted by Gasteiger charge is -2.46. The molecule has 1 aromatic heterocycles. The second-order valence-corrected chi connectivity index (χ2v) is 18.3. The highest BCUT2D eigenvalue weighted by atomic mass is 16.7. The summed E-state index contributed by atoms with van der Waals surface area (Å²) in [5.74, 6) is -2.89. The number of aliphatic hydroxyl groups is 4. The van der Waals surface area contributed by atoms with Gasteiger partial charge in [0.2, 0.25) is 0 Å². The van der Waals surface area contributed by atoms with Gasteiger partial charge in [0.1, 0.15) is 12.2 Å². The van der Waals surface area contributed by atoms with Crippen LogP contribution in [0.2, 0.25) is 0 Å². The third-order valence-corrected chi connectivity index (χ3v) is 13.2. The second-order valence-electron chi connectivity index (χ2n) is 18.3. The Balaban J connectivity index is 1.37. The quantitative estimate of drug-likeness (QED) is 0.121. The van der Waals surface area contributed by atoms with E-state index < -0.39 is 78.6 Å². The number of benzene rings is 3. The second kappa shape index (κ2) is 23.2. The number of ether oxygens (including phenoxy) is 3. The number of cyclic esters (lactones) is 1. The maximum Gasteiger partial charge on any atom is 0.308 e. The van der Waals surface area contributed by atoms with Gasteiger partial charge < -0.3 is 39.5 Å². The van der Waals surface area contributed by atoms with Gasteiger partial charge in [-0.25, -0.2) is 4.68 Å². The van der Waals surface area contributed by atoms with Crippen molar-refractivity contribution in [3.05, 3.63) is 114 Å². The third kappa shape index (κ3) is 12.8. The fourth-order valence-corrected chi connectivity index (χ4v) is 9.39. The summed E-state index contributed by atoms with van der Waals surface area (Å²) >= 11 is 0. The Morgan fingerprint density at radius 3 is 2.35 bits per heavy atom. The summed E-state index contributed by atoms with van der Waals surface area (Å²) in [7, 11) is 3.54. The van der Waals surface area contributed by atoms with E-state index in [1.165, 1.54) is 0 Å². The average Bonchev–Trinajstić information content (AvgIpc) is 3.76. The summed E-state index contributed by atoms with van der Waals surface area (Å²) in [6.07, 6.45) is 0.957. The standard InChI is InChI=1S/C51H69N5O9/c1-8-45-39(31-57)25-32(2)21-22-43(58)33(3)26-38(50(34(4)44(59)27-46(60)64-45)65-51-49(62)47(54(6)7)48(61)35(5)63-51)23-24-55(28-36-15-10-9-11-16-36)29-40-30-56(53-52-40)42-20-14-18-37-17-12-13-19-41(37)42/h9-22,25,30,33-35,38-39,44-45,47-51,57,59,61-62H,8,23-24,26-29,31H2,1-7H3/b22-21+,32-25+/t33-,34+,35-,38+,39-,44-,45-,47?,48?,49?,50-,51+/m1/s1. The van der Waals surface area contributed by atoms with Crippen LogP contribution in [0.3, 0.4) is 0 Å². The molecule has 0 saturated carbocycles. The van der Waals surface area contributed by atoms with Crippen LogP contribution >= 0.6 is 0 Å². The molecule has 0 amide bonds. The van der Waals surface area contributed by atoms with Gasteiger partial charge in [-0.15, -0.1) is 5.10 Å². The lowest BCUT2D eigenvalue weighted by Crippen LogP contribution is -2.63. The minimum atomic E-state index is -1.28. The zero-order valence-electron chi connectivity index (χ0n) is 38.9. The number of carbonyl (C=O) groups is 2. The Labute approximate surface area is 383 Å². The highest BCUT2D eigenvalue weighted by Crippen LogP contribution is 2.35. The highest BCUT2D eigenvalue weighted by molar-refractivity contribution is 5.92. The molecular formula is C51H69N5O9. The number of fused-ring (bicyclic) bond motifs is 1. The first-order valence-electron chi connectivity index (χ1n) is 23.0. The molecular weight excluding hydrogens is 827 g/mol. The minimum Gasteiger partial charge on any atom is -0.462 e. The Hall–Kier alpha value is -4.64. The van der Waals surface area contributed by atoms with Crippen molar-refractivity contribution in [2.24, 2.45) is 23.7 Å². The topological polar surface area (TPSA) is 180 Å². The molecule has 352 valence electrons. The molecule has 65 heavy (non-hydrogen) atoms. The van der Waals surface area contributed by atoms with Crippen molar-refractivity contribution in [1.29, 1.82) is 0 Å². The fourth-order valence-electron chi connectivity index (χ4n) is 9.39. The third-order valence-electron chi connectivity index (χ3n) is 13.2. The van der Waals surface area contributed by atoms with E-state index in [1.54, 1.807) is 49.7 Å². The number of hydrogen-bond donors (Lipinski definition) is 4. The first-order chi connectivity index (χ1) is 31.2. The van der Waals surface area contributed by atoms with Gasteiger partial charge in [-0.1, -0.05) is 110 Å². The molecule has 6 rings (SSSR count). The summed E-state index contributed by atoms with van der Waals surface area (Å²) in [5, 5.41) is 56.4. The van der Waals surface area contributed by atoms with Gasteiger partial charge in [-0.3, -0.25) is 14.5 Å². The molecule has 0 aliphatic carbocycles. The summed E-state index contributed by atoms with van der Waals surface area (Å²) in [5.41, 5.74) is 3.51. The van der Waals surface area contributed by atoms with E-state index in [0.29, 0.717) is 38.9 Å². The van der Waals surface area contributed by atoms with Crippen LogP contribution in [-0.2, 0) is 36.9 Å². The first kappa shape index (κ1) is 49.8. The number of aliphatic hydroxyl groups excluding tert-OH is 4. The molecule has 12 atom stereocenters. The van der Waals surface area contributed by atoms with Crippen molar-refractivity contribution >= 4 is 22.5 Å². The van der Waals surface area contributed by atoms with E-state index in [0.717, 1.165) is 33.3 Å². The molecule has 0 spiro atoms. The summed E-state index contributed by atoms with van der Waals surface area (Å²) < 4.78 is 20.8. The van der Waals surface area contributed by atoms with Crippen LogP contribution in [0.15, 0.2) is 103 Å². The van der Waals surface area contributed by atoms with E-state index >= 15 is 0 Å². The van der Waals surface area contributed by atoms with Crippen molar-refractivity contribution in [2.75, 3.05) is 27.2 Å². The Morgan fingerprint density at radius 1 is 0.908 bits per heavy atom. The normalized spacial score (nSPS) is 31.2. The largest absolute Gasteiger partial charge is 0.462 e. The lowest BCUT2D eigenvalue weighted by molar-refractivity contribution is -0.304. The number of nitrogens with zero attached hydrogens (tertiary/aromatic N) is 5. The number of ketones is 1. The van der Waals surface area contributed by atoms with Gasteiger partial charge in [0.25, 0.3) is 0 Å². The molecule has 2 aliphatic rings. The zero-order chi connectivity index (χ0) is 46.8. The molecule has 3 heterocycles. The maximum atomic E-state index is 14.0. The van der Waals surface area contributed by atoms with Gasteiger partial charge in [0.05, 0.1) is 61.1 Å². The number of carbonyl (C=O) groups excluding carboxylic acids is 2. The van der Waals surface area contributed by atoms with Crippen LogP contribution in [-0.4, -0.2) is 133 Å². The van der Waals surface area contributed by atoms with Crippen molar-refractivity contribution in [1.82, 2.24) is 24.8 Å². The van der Waals surface area contributed by atoms with E-state index in [2.05, 4.69) is 45.5 Å². The number of rotatable bonds is 13. The molecule has 2 aliphatic heterocycles. The molecule has 14 nitrogen and oxygen atoms in total. The van der Waals surface area contributed by atoms with Crippen LogP contribution in [0, 0.1) is 23.7 Å². The number of allylic oxidation sites excluding steroid dienone is 3. The summed E-state index contributed by atoms with van der Waals surface area (Å²) in [6.45, 7) is 10.4. The number of hydrogen-bond acceptors (Lipinski definition) is 13. The van der Waals surface area contributed by atoms with Gasteiger partial charge in [0.15, 0.2) is 12.1 Å². The number of esters is 1. The Morgan fingerprint density at radius 2 is 1.63 bits per heavy atom. The monoisotopic (exact) mass is 896 g/mol. The number of likely N-dealkylation sites (N-methyl/N-ethyl adjacent to an activating group) is 1. The Kier molecular flexibility index (Phi) is 17.8. The SMILES string of the molecule is CC[C@H]1OC(=O)C[C@@H](O)[C@H](C)[C@@H](O[C@@H]2O[C@H](C)C(O)C(N(C)C)C2O)[C@@H](CCN(Cc2ccccc2)Cc2cn(-c3cccc4ccccc34)nn2)C[C@@H](C)C(=O)/C=C/C(C)=C/[C@@H]1CO. The van der Waals surface area contributed by atoms with Crippen molar-refractivity contribution in [3.8, 4) is 5.69 Å². The van der Waals surface area contributed by atoms with Crippen LogP contribution < -0.4 is 0 Å². The van der Waals surface area contributed by atoms with Gasteiger partial charge >= 0.3 is 5.97 Å². The van der Waals surface area contributed by atoms with Crippen molar-refractivity contribution in [2.45, 2.75) is 122 Å². The van der Waals surface area contributed by atoms with Crippen LogP contribution in [0.4, 0.5) is 0 Å². The molecule has 0 bridgehead atoms. The Bertz CT molecular complexity index is 2210. The predicted molar refractivity (Wildman–Crippen MR) is 248 cm³/mol. The lowest BCUT2D eigenvalue weighted by atomic mass is 9.79. The van der Waals surface area contributed by atoms with Crippen LogP contribution in [0.1, 0.15) is 71.6 Å². The van der Waals surface area contributed by atoms with E-state index in [-0.39, 0.29) is 18.8 Å². The highest BCUT2D eigenvalue weighted by Gasteiger charge is 2.47. The van der Waals surface area contributed by atoms with E-state index in [4.69, 9.17) is 14.2 Å². The molecule has 1 saturated heterocycles. The van der Waals surface area contributed by atoms with Crippen molar-refractivity contribution < 1.29 is 44.2 Å². The summed E-state index contributed by atoms with van der Waals surface area (Å²) in [6, 6.07) is 23.6. The van der Waals surface area contributed by atoms with Crippen LogP contribution in [0.25, 0.3) is 16.5 Å². The average molecular weight is 896 g/mol. The number of aromatic nitrogens is 3. The van der Waals surface area contributed by atoms with Gasteiger partial charge in [-0.2, -0.15) is 0 Å². The van der Waals surface area contributed by atoms with Crippen molar-refractivity contribution in [3.63, 3.8) is 0 Å². The van der Waals surface area contributed by atoms with E-state index in [9.17, 15) is 30.0 Å². The predicted octanol–water partition coefficient (Wildman–Crippen LogP) is 5.64. The van der Waals surface area contributed by atoms with Crippen LogP contribution in [0.5, 0.6) is 0 Å². The molecule has 0 radical (unpaired) electrons. The smallest absolute Gasteiger partial charge is 0.308 e. The molecule has 4 N–H and O–H groups in total. The maximum absolute atomic E-state index is 14.0. The minimum absolute atomic E-state index is 0.106. The molecule has 4 aromatic rings. The van der Waals surface area contributed by atoms with E-state index in [1.807, 2.05) is 75.5 Å². The molecule has 14 heteroatoms. The molecule has 1 fully saturated rings. The summed E-state index contributed by atoms with van der Waals surface area (Å²) in [4.78, 5) is 31.6. The first-order valence-corrected chi connectivity index (χ1v) is 23.0. The zero-order valence-corrected chi connectivity index (χ0v) is 38.9. The molecule has 3 aromatic carbocycles. The molecule has 3 unspecified atom stereocenters. The van der Waals surface area contributed by atoms with Gasteiger partial charge in [0, 0.05) is 36.2 Å².